The molecule has 0 bridgehead atoms. The molecule has 0 unspecified atom stereocenters. The Bertz CT molecular complexity index is 535. The normalized spacial score (nSPS) is 16.5. The number of tetrazole rings is 1. The van der Waals surface area contributed by atoms with E-state index in [4.69, 9.17) is 0 Å². The van der Waals surface area contributed by atoms with Crippen molar-refractivity contribution in [1.29, 1.82) is 0 Å². The Hall–Kier alpha value is -1.40. The van der Waals surface area contributed by atoms with Crippen LogP contribution in [-0.4, -0.2) is 37.8 Å². The lowest BCUT2D eigenvalue weighted by Crippen LogP contribution is -2.26. The number of hydrogen-bond acceptors (Lipinski definition) is 5. The van der Waals surface area contributed by atoms with Gasteiger partial charge in [-0.05, 0) is 41.7 Å². The van der Waals surface area contributed by atoms with Gasteiger partial charge >= 0.3 is 0 Å². The third-order valence-corrected chi connectivity index (χ3v) is 4.92. The van der Waals surface area contributed by atoms with Crippen LogP contribution in [0.2, 0.25) is 0 Å². The minimum Gasteiger partial charge on any atom is -0.308 e. The van der Waals surface area contributed by atoms with Crippen molar-refractivity contribution in [2.45, 2.75) is 24.1 Å². The highest BCUT2D eigenvalue weighted by Gasteiger charge is 2.41. The molecule has 0 atom stereocenters. The van der Waals surface area contributed by atoms with E-state index >= 15 is 0 Å². The zero-order valence-electron chi connectivity index (χ0n) is 10.9. The number of rotatable bonds is 6. The lowest BCUT2D eigenvalue weighted by Gasteiger charge is -2.12. The van der Waals surface area contributed by atoms with Gasteiger partial charge in [-0.1, -0.05) is 18.2 Å². The first-order valence-corrected chi connectivity index (χ1v) is 7.64. The molecule has 1 aromatic carbocycles. The Morgan fingerprint density at radius 3 is 2.79 bits per heavy atom. The number of thioether (sulfide) groups is 1. The Kier molecular flexibility index (Phi) is 3.52. The Morgan fingerprint density at radius 1 is 1.32 bits per heavy atom. The number of benzene rings is 1. The highest BCUT2D eigenvalue weighted by atomic mass is 32.2. The number of nitrogens with one attached hydrogen (secondary N) is 1. The molecular formula is C13H17N5S. The zero-order valence-corrected chi connectivity index (χ0v) is 11.7. The minimum atomic E-state index is 0.463. The Morgan fingerprint density at radius 2 is 2.11 bits per heavy atom. The average molecular weight is 275 g/mol. The molecule has 0 aliphatic heterocycles. The van der Waals surface area contributed by atoms with E-state index in [1.54, 1.807) is 4.68 Å². The molecule has 0 spiro atoms. The molecule has 2 aromatic rings. The summed E-state index contributed by atoms with van der Waals surface area (Å²) in [7, 11) is 0. The number of para-hydroxylation sites is 1. The first kappa shape index (κ1) is 12.6. The predicted molar refractivity (Wildman–Crippen MR) is 76.3 cm³/mol. The van der Waals surface area contributed by atoms with Gasteiger partial charge in [0.05, 0.1) is 12.2 Å². The van der Waals surface area contributed by atoms with Crippen LogP contribution in [0.3, 0.4) is 0 Å². The largest absolute Gasteiger partial charge is 0.308 e. The molecule has 1 aliphatic carbocycles. The van der Waals surface area contributed by atoms with Crippen molar-refractivity contribution in [3.63, 3.8) is 0 Å². The number of hydrogen-bond donors (Lipinski definition) is 1. The van der Waals surface area contributed by atoms with Crippen molar-refractivity contribution < 1.29 is 0 Å². The van der Waals surface area contributed by atoms with Crippen molar-refractivity contribution >= 4 is 11.8 Å². The van der Waals surface area contributed by atoms with Gasteiger partial charge in [-0.3, -0.25) is 0 Å². The van der Waals surface area contributed by atoms with E-state index in [1.165, 1.54) is 12.8 Å². The van der Waals surface area contributed by atoms with Gasteiger partial charge in [-0.15, -0.1) is 5.10 Å². The summed E-state index contributed by atoms with van der Waals surface area (Å²) < 4.78 is 2.25. The van der Waals surface area contributed by atoms with Crippen LogP contribution in [0.1, 0.15) is 18.7 Å². The summed E-state index contributed by atoms with van der Waals surface area (Å²) in [6, 6.07) is 9.97. The molecular weight excluding hydrogens is 258 g/mol. The fraction of sp³-hybridized carbons (Fsp3) is 0.462. The third kappa shape index (κ3) is 2.79. The summed E-state index contributed by atoms with van der Waals surface area (Å²) in [6.45, 7) is 1.72. The van der Waals surface area contributed by atoms with Gasteiger partial charge in [-0.25, -0.2) is 0 Å². The highest BCUT2D eigenvalue weighted by molar-refractivity contribution is 8.00. The molecule has 1 aliphatic rings. The average Bonchev–Trinajstić information content (AvgIpc) is 3.09. The predicted octanol–water partition coefficient (Wildman–Crippen LogP) is 1.65. The second kappa shape index (κ2) is 5.30. The lowest BCUT2D eigenvalue weighted by atomic mass is 10.3. The topological polar surface area (TPSA) is 55.6 Å². The molecule has 3 rings (SSSR count). The van der Waals surface area contributed by atoms with Crippen LogP contribution < -0.4 is 5.32 Å². The molecule has 1 fully saturated rings. The molecule has 6 heteroatoms. The van der Waals surface area contributed by atoms with E-state index in [1.807, 2.05) is 42.1 Å². The fourth-order valence-electron chi connectivity index (χ4n) is 2.08. The standard InChI is InChI=1S/C13H17N5S/c1-19-13(7-8-13)10-14-9-12-15-16-17-18(12)11-5-3-2-4-6-11/h2-6,14H,7-10H2,1H3. The first-order chi connectivity index (χ1) is 9.33. The van der Waals surface area contributed by atoms with Crippen molar-refractivity contribution in [3.8, 4) is 5.69 Å². The molecule has 0 saturated heterocycles. The fourth-order valence-corrected chi connectivity index (χ4v) is 2.84. The lowest BCUT2D eigenvalue weighted by molar-refractivity contribution is 0.624. The SMILES string of the molecule is CSC1(CNCc2nnnn2-c2ccccc2)CC1. The van der Waals surface area contributed by atoms with Gasteiger partial charge in [0.25, 0.3) is 0 Å². The van der Waals surface area contributed by atoms with E-state index < -0.39 is 0 Å². The number of nitrogens with zero attached hydrogens (tertiary/aromatic N) is 4. The van der Waals surface area contributed by atoms with Gasteiger partial charge in [0.2, 0.25) is 0 Å². The van der Waals surface area contributed by atoms with E-state index in [0.29, 0.717) is 11.3 Å². The maximum Gasteiger partial charge on any atom is 0.170 e. The zero-order chi connectivity index (χ0) is 13.1. The van der Waals surface area contributed by atoms with E-state index in [2.05, 4.69) is 27.1 Å². The van der Waals surface area contributed by atoms with Crippen LogP contribution in [0.5, 0.6) is 0 Å². The molecule has 100 valence electrons. The summed E-state index contributed by atoms with van der Waals surface area (Å²) in [5, 5.41) is 15.4. The van der Waals surface area contributed by atoms with E-state index in [9.17, 15) is 0 Å². The summed E-state index contributed by atoms with van der Waals surface area (Å²) in [4.78, 5) is 0. The van der Waals surface area contributed by atoms with Gasteiger partial charge in [0.15, 0.2) is 5.82 Å². The summed E-state index contributed by atoms with van der Waals surface area (Å²) >= 11 is 1.96. The molecule has 1 aromatic heterocycles. The monoisotopic (exact) mass is 275 g/mol. The molecule has 0 amide bonds. The Balaban J connectivity index is 1.64. The van der Waals surface area contributed by atoms with Crippen LogP contribution in [0.4, 0.5) is 0 Å². The maximum absolute atomic E-state index is 4.09. The van der Waals surface area contributed by atoms with Gasteiger partial charge in [0, 0.05) is 11.3 Å². The first-order valence-electron chi connectivity index (χ1n) is 6.42. The molecule has 0 radical (unpaired) electrons. The number of aromatic nitrogens is 4. The quantitative estimate of drug-likeness (QED) is 0.868. The van der Waals surface area contributed by atoms with Crippen molar-refractivity contribution in [2.75, 3.05) is 12.8 Å². The maximum atomic E-state index is 4.09. The molecule has 1 saturated carbocycles. The minimum absolute atomic E-state index is 0.463. The smallest absolute Gasteiger partial charge is 0.170 e. The Labute approximate surface area is 116 Å². The molecule has 5 nitrogen and oxygen atoms in total. The molecule has 19 heavy (non-hydrogen) atoms. The van der Waals surface area contributed by atoms with E-state index in [0.717, 1.165) is 18.1 Å². The summed E-state index contributed by atoms with van der Waals surface area (Å²) in [5.74, 6) is 0.850. The van der Waals surface area contributed by atoms with Crippen LogP contribution >= 0.6 is 11.8 Å². The van der Waals surface area contributed by atoms with Crippen LogP contribution in [-0.2, 0) is 6.54 Å². The van der Waals surface area contributed by atoms with Crippen molar-refractivity contribution in [2.24, 2.45) is 0 Å². The van der Waals surface area contributed by atoms with Crippen molar-refractivity contribution in [1.82, 2.24) is 25.5 Å². The molecule has 1 heterocycles. The van der Waals surface area contributed by atoms with Crippen molar-refractivity contribution in [3.05, 3.63) is 36.2 Å². The highest BCUT2D eigenvalue weighted by Crippen LogP contribution is 2.46. The van der Waals surface area contributed by atoms with E-state index in [-0.39, 0.29) is 0 Å². The van der Waals surface area contributed by atoms with Crippen LogP contribution in [0, 0.1) is 0 Å². The van der Waals surface area contributed by atoms with Crippen LogP contribution in [0.25, 0.3) is 5.69 Å². The molecule has 1 N–H and O–H groups in total. The van der Waals surface area contributed by atoms with Crippen LogP contribution in [0.15, 0.2) is 30.3 Å². The third-order valence-electron chi connectivity index (χ3n) is 3.51. The summed E-state index contributed by atoms with van der Waals surface area (Å²) in [6.07, 6.45) is 4.80. The second-order valence-electron chi connectivity index (χ2n) is 4.83. The second-order valence-corrected chi connectivity index (χ2v) is 6.11. The van der Waals surface area contributed by atoms with Gasteiger partial charge in [-0.2, -0.15) is 16.4 Å². The summed E-state index contributed by atoms with van der Waals surface area (Å²) in [5.41, 5.74) is 0.996. The van der Waals surface area contributed by atoms with Gasteiger partial charge in [0.1, 0.15) is 0 Å². The van der Waals surface area contributed by atoms with Gasteiger partial charge < -0.3 is 5.32 Å².